The number of esters is 1. The van der Waals surface area contributed by atoms with Crippen LogP contribution < -0.4 is 0 Å². The third-order valence-corrected chi connectivity index (χ3v) is 4.25. The van der Waals surface area contributed by atoms with Crippen LogP contribution in [0.1, 0.15) is 15.4 Å². The zero-order valence-electron chi connectivity index (χ0n) is 12.8. The Morgan fingerprint density at radius 3 is 2.50 bits per heavy atom. The number of para-hydroxylation sites is 1. The lowest BCUT2D eigenvalue weighted by atomic mass is 10.1. The van der Waals surface area contributed by atoms with E-state index in [0.717, 1.165) is 15.2 Å². The van der Waals surface area contributed by atoms with Crippen LogP contribution >= 0.6 is 11.3 Å². The summed E-state index contributed by atoms with van der Waals surface area (Å²) in [6.45, 7) is -0.258. The molecule has 0 spiro atoms. The first-order valence-electron chi connectivity index (χ1n) is 7.38. The van der Waals surface area contributed by atoms with E-state index in [2.05, 4.69) is 4.98 Å². The molecule has 1 aromatic heterocycles. The summed E-state index contributed by atoms with van der Waals surface area (Å²) in [4.78, 5) is 27.9. The Hall–Kier alpha value is -2.57. The summed E-state index contributed by atoms with van der Waals surface area (Å²) < 4.78 is 11.3. The Balaban J connectivity index is 1.42. The molecule has 6 heteroatoms. The number of ketones is 1. The number of thiazole rings is 1. The molecular formula is C18H15NO4S. The number of carbonyl (C=O) groups is 2. The number of rotatable bonds is 7. The van der Waals surface area contributed by atoms with Crippen LogP contribution in [0, 0.1) is 0 Å². The van der Waals surface area contributed by atoms with Crippen LogP contribution in [0.3, 0.4) is 0 Å². The lowest BCUT2D eigenvalue weighted by molar-refractivity contribution is -0.148. The van der Waals surface area contributed by atoms with Gasteiger partial charge in [-0.1, -0.05) is 42.5 Å². The molecule has 2 aromatic carbocycles. The van der Waals surface area contributed by atoms with Crippen LogP contribution in [-0.2, 0) is 20.9 Å². The van der Waals surface area contributed by atoms with Crippen LogP contribution in [-0.4, -0.2) is 30.0 Å². The zero-order valence-corrected chi connectivity index (χ0v) is 13.6. The molecule has 0 saturated carbocycles. The van der Waals surface area contributed by atoms with Crippen molar-refractivity contribution in [2.45, 2.75) is 6.61 Å². The fraction of sp³-hybridized carbons (Fsp3) is 0.167. The van der Waals surface area contributed by atoms with E-state index >= 15 is 0 Å². The number of ether oxygens (including phenoxy) is 2. The Labute approximate surface area is 142 Å². The van der Waals surface area contributed by atoms with Crippen molar-refractivity contribution in [1.29, 1.82) is 0 Å². The second-order valence-corrected chi connectivity index (χ2v) is 6.13. The quantitative estimate of drug-likeness (QED) is 0.487. The number of benzene rings is 2. The van der Waals surface area contributed by atoms with Crippen LogP contribution in [0.2, 0.25) is 0 Å². The highest BCUT2D eigenvalue weighted by atomic mass is 32.1. The van der Waals surface area contributed by atoms with E-state index in [4.69, 9.17) is 9.47 Å². The second kappa shape index (κ2) is 7.81. The van der Waals surface area contributed by atoms with Gasteiger partial charge in [-0.2, -0.15) is 0 Å². The number of nitrogens with zero attached hydrogens (tertiary/aromatic N) is 1. The average Bonchev–Trinajstić information content (AvgIpc) is 3.03. The van der Waals surface area contributed by atoms with Crippen molar-refractivity contribution in [3.8, 4) is 0 Å². The number of hydrogen-bond donors (Lipinski definition) is 0. The third-order valence-electron chi connectivity index (χ3n) is 3.24. The predicted molar refractivity (Wildman–Crippen MR) is 91.0 cm³/mol. The third kappa shape index (κ3) is 4.24. The molecule has 0 atom stereocenters. The summed E-state index contributed by atoms with van der Waals surface area (Å²) in [5.74, 6) is -0.810. The first-order valence-corrected chi connectivity index (χ1v) is 8.20. The fourth-order valence-corrected chi connectivity index (χ4v) is 3.00. The average molecular weight is 341 g/mol. The second-order valence-electron chi connectivity index (χ2n) is 5.02. The molecule has 0 fully saturated rings. The Morgan fingerprint density at radius 2 is 1.71 bits per heavy atom. The summed E-state index contributed by atoms with van der Waals surface area (Å²) in [5.41, 5.74) is 1.43. The molecule has 0 aliphatic rings. The van der Waals surface area contributed by atoms with E-state index in [1.54, 1.807) is 24.3 Å². The van der Waals surface area contributed by atoms with Crippen molar-refractivity contribution in [2.75, 3.05) is 13.2 Å². The molecule has 0 saturated heterocycles. The number of carbonyl (C=O) groups excluding carboxylic acids is 2. The molecule has 0 aliphatic heterocycles. The molecule has 0 amide bonds. The van der Waals surface area contributed by atoms with Gasteiger partial charge in [0.1, 0.15) is 11.6 Å². The molecule has 1 heterocycles. The number of fused-ring (bicyclic) bond motifs is 1. The van der Waals surface area contributed by atoms with E-state index in [0.29, 0.717) is 5.56 Å². The molecular weight excluding hydrogens is 326 g/mol. The minimum absolute atomic E-state index is 0.210. The van der Waals surface area contributed by atoms with Gasteiger partial charge < -0.3 is 9.47 Å². The van der Waals surface area contributed by atoms with Gasteiger partial charge in [0.05, 0.1) is 16.8 Å². The van der Waals surface area contributed by atoms with Crippen LogP contribution in [0.25, 0.3) is 10.2 Å². The molecule has 24 heavy (non-hydrogen) atoms. The molecule has 0 radical (unpaired) electrons. The van der Waals surface area contributed by atoms with Crippen molar-refractivity contribution in [3.63, 3.8) is 0 Å². The maximum Gasteiger partial charge on any atom is 0.332 e. The van der Waals surface area contributed by atoms with Gasteiger partial charge in [-0.25, -0.2) is 9.78 Å². The molecule has 122 valence electrons. The summed E-state index contributed by atoms with van der Waals surface area (Å²) in [7, 11) is 0. The van der Waals surface area contributed by atoms with Gasteiger partial charge in [-0.15, -0.1) is 11.3 Å². The van der Waals surface area contributed by atoms with Gasteiger partial charge in [0, 0.05) is 5.56 Å². The van der Waals surface area contributed by atoms with E-state index in [-0.39, 0.29) is 25.6 Å². The maximum absolute atomic E-state index is 11.8. The Morgan fingerprint density at radius 1 is 0.958 bits per heavy atom. The molecule has 0 aliphatic carbocycles. The molecule has 0 N–H and O–H groups in total. The standard InChI is InChI=1S/C18H15NO4S/c20-15(13-6-2-1-3-7-13)10-23-18(21)12-22-11-17-19-14-8-4-5-9-16(14)24-17/h1-9H,10-12H2. The van der Waals surface area contributed by atoms with Gasteiger partial charge in [-0.05, 0) is 12.1 Å². The summed E-state index contributed by atoms with van der Waals surface area (Å²) >= 11 is 1.52. The SMILES string of the molecule is O=C(COCc1nc2ccccc2s1)OCC(=O)c1ccccc1. The van der Waals surface area contributed by atoms with Gasteiger partial charge >= 0.3 is 5.97 Å². The van der Waals surface area contributed by atoms with Crippen molar-refractivity contribution in [2.24, 2.45) is 0 Å². The summed E-state index contributed by atoms with van der Waals surface area (Å²) in [5, 5.41) is 0.796. The van der Waals surface area contributed by atoms with E-state index < -0.39 is 5.97 Å². The highest BCUT2D eigenvalue weighted by Gasteiger charge is 2.10. The smallest absolute Gasteiger partial charge is 0.332 e. The highest BCUT2D eigenvalue weighted by Crippen LogP contribution is 2.21. The molecule has 3 aromatic rings. The number of Topliss-reactive ketones (excluding diaryl/α,β-unsaturated/α-hetero) is 1. The normalized spacial score (nSPS) is 10.7. The first kappa shape index (κ1) is 16.3. The van der Waals surface area contributed by atoms with E-state index in [9.17, 15) is 9.59 Å². The first-order chi connectivity index (χ1) is 11.7. The van der Waals surface area contributed by atoms with Crippen LogP contribution in [0.4, 0.5) is 0 Å². The minimum Gasteiger partial charge on any atom is -0.456 e. The monoisotopic (exact) mass is 341 g/mol. The Kier molecular flexibility index (Phi) is 5.30. The number of hydrogen-bond acceptors (Lipinski definition) is 6. The molecule has 3 rings (SSSR count). The van der Waals surface area contributed by atoms with Crippen molar-refractivity contribution in [3.05, 3.63) is 65.2 Å². The van der Waals surface area contributed by atoms with E-state index in [1.807, 2.05) is 30.3 Å². The minimum atomic E-state index is -0.569. The topological polar surface area (TPSA) is 65.5 Å². The van der Waals surface area contributed by atoms with E-state index in [1.165, 1.54) is 11.3 Å². The lowest BCUT2D eigenvalue weighted by Gasteiger charge is -2.04. The van der Waals surface area contributed by atoms with Gasteiger partial charge in [-0.3, -0.25) is 4.79 Å². The lowest BCUT2D eigenvalue weighted by Crippen LogP contribution is -2.18. The highest BCUT2D eigenvalue weighted by molar-refractivity contribution is 7.18. The largest absolute Gasteiger partial charge is 0.456 e. The van der Waals surface area contributed by atoms with Gasteiger partial charge in [0.25, 0.3) is 0 Å². The fourth-order valence-electron chi connectivity index (χ4n) is 2.10. The van der Waals surface area contributed by atoms with Crippen LogP contribution in [0.15, 0.2) is 54.6 Å². The summed E-state index contributed by atoms with van der Waals surface area (Å²) in [6.07, 6.45) is 0. The summed E-state index contributed by atoms with van der Waals surface area (Å²) in [6, 6.07) is 16.5. The number of aromatic nitrogens is 1. The maximum atomic E-state index is 11.8. The molecule has 0 unspecified atom stereocenters. The van der Waals surface area contributed by atoms with Gasteiger partial charge in [0.15, 0.2) is 12.4 Å². The van der Waals surface area contributed by atoms with Crippen LogP contribution in [0.5, 0.6) is 0 Å². The predicted octanol–water partition coefficient (Wildman–Crippen LogP) is 3.24. The van der Waals surface area contributed by atoms with Crippen molar-refractivity contribution >= 4 is 33.3 Å². The van der Waals surface area contributed by atoms with Crippen molar-refractivity contribution in [1.82, 2.24) is 4.98 Å². The molecule has 0 bridgehead atoms. The van der Waals surface area contributed by atoms with Gasteiger partial charge in [0.2, 0.25) is 0 Å². The molecule has 5 nitrogen and oxygen atoms in total. The Bertz CT molecular complexity index is 811. The zero-order chi connectivity index (χ0) is 16.8. The van der Waals surface area contributed by atoms with Crippen molar-refractivity contribution < 1.29 is 19.1 Å².